The molecule has 2 heterocycles. The third-order valence-electron chi connectivity index (χ3n) is 5.18. The number of nitrogens with zero attached hydrogens (tertiary/aromatic N) is 4. The van der Waals surface area contributed by atoms with Gasteiger partial charge in [0.25, 0.3) is 5.91 Å². The van der Waals surface area contributed by atoms with E-state index >= 15 is 0 Å². The van der Waals surface area contributed by atoms with Crippen LogP contribution in [0.2, 0.25) is 0 Å². The van der Waals surface area contributed by atoms with Gasteiger partial charge < -0.3 is 14.2 Å². The van der Waals surface area contributed by atoms with Crippen molar-refractivity contribution in [2.45, 2.75) is 19.4 Å². The van der Waals surface area contributed by atoms with Gasteiger partial charge in [-0.3, -0.25) is 9.69 Å². The zero-order valence-corrected chi connectivity index (χ0v) is 16.7. The minimum Gasteiger partial charge on any atom is -0.438 e. The largest absolute Gasteiger partial charge is 0.438 e. The van der Waals surface area contributed by atoms with Gasteiger partial charge in [-0.1, -0.05) is 18.2 Å². The van der Waals surface area contributed by atoms with Gasteiger partial charge in [-0.05, 0) is 45.5 Å². The summed E-state index contributed by atoms with van der Waals surface area (Å²) >= 11 is 0. The first kappa shape index (κ1) is 20.5. The second-order valence-electron chi connectivity index (χ2n) is 7.75. The Labute approximate surface area is 165 Å². The summed E-state index contributed by atoms with van der Waals surface area (Å²) < 4.78 is 19.2. The topological polar surface area (TPSA) is 52.8 Å². The fourth-order valence-electron chi connectivity index (χ4n) is 3.70. The number of carbonyl (C=O) groups is 1. The summed E-state index contributed by atoms with van der Waals surface area (Å²) in [5.74, 6) is 0.357. The first-order valence-corrected chi connectivity index (χ1v) is 9.81. The average molecular weight is 388 g/mol. The predicted molar refractivity (Wildman–Crippen MR) is 105 cm³/mol. The van der Waals surface area contributed by atoms with E-state index in [4.69, 9.17) is 4.42 Å². The second kappa shape index (κ2) is 9.80. The summed E-state index contributed by atoms with van der Waals surface area (Å²) in [6, 6.07) is 6.94. The molecule has 1 saturated heterocycles. The third-order valence-corrected chi connectivity index (χ3v) is 5.18. The molecule has 1 fully saturated rings. The maximum absolute atomic E-state index is 14.0. The molecule has 0 bridgehead atoms. The van der Waals surface area contributed by atoms with Gasteiger partial charge in [0, 0.05) is 38.3 Å². The summed E-state index contributed by atoms with van der Waals surface area (Å²) in [7, 11) is 3.99. The van der Waals surface area contributed by atoms with Crippen LogP contribution in [0.4, 0.5) is 4.39 Å². The van der Waals surface area contributed by atoms with Gasteiger partial charge in [-0.2, -0.15) is 0 Å². The number of hydrogen-bond acceptors (Lipinski definition) is 5. The van der Waals surface area contributed by atoms with Gasteiger partial charge in [-0.15, -0.1) is 0 Å². The fourth-order valence-corrected chi connectivity index (χ4v) is 3.70. The number of benzene rings is 1. The highest BCUT2D eigenvalue weighted by Gasteiger charge is 2.26. The molecule has 0 N–H and O–H groups in total. The molecule has 0 radical (unpaired) electrons. The molecule has 1 aromatic heterocycles. The lowest BCUT2D eigenvalue weighted by atomic mass is 9.96. The Morgan fingerprint density at radius 3 is 2.86 bits per heavy atom. The summed E-state index contributed by atoms with van der Waals surface area (Å²) in [5.41, 5.74) is 0.727. The van der Waals surface area contributed by atoms with Crippen molar-refractivity contribution in [3.05, 3.63) is 54.0 Å². The molecule has 28 heavy (non-hydrogen) atoms. The Morgan fingerprint density at radius 2 is 2.14 bits per heavy atom. The average Bonchev–Trinajstić information content (AvgIpc) is 3.21. The molecule has 2 aromatic rings. The van der Waals surface area contributed by atoms with E-state index in [-0.39, 0.29) is 17.5 Å². The van der Waals surface area contributed by atoms with Crippen LogP contribution in [-0.4, -0.2) is 72.4 Å². The molecular formula is C21H29FN4O2. The number of likely N-dealkylation sites (N-methyl/N-ethyl adjacent to an activating group) is 1. The maximum atomic E-state index is 14.0. The van der Waals surface area contributed by atoms with Crippen molar-refractivity contribution in [2.24, 2.45) is 5.92 Å². The lowest BCUT2D eigenvalue weighted by Gasteiger charge is -2.36. The van der Waals surface area contributed by atoms with E-state index < -0.39 is 0 Å². The Bertz CT molecular complexity index is 751. The molecule has 7 heteroatoms. The van der Waals surface area contributed by atoms with Gasteiger partial charge >= 0.3 is 0 Å². The summed E-state index contributed by atoms with van der Waals surface area (Å²) in [6.07, 6.45) is 4.87. The molecule has 0 spiro atoms. The van der Waals surface area contributed by atoms with E-state index in [0.717, 1.165) is 38.0 Å². The number of amides is 1. The Kier molecular flexibility index (Phi) is 7.17. The van der Waals surface area contributed by atoms with Crippen LogP contribution in [0.5, 0.6) is 0 Å². The lowest BCUT2D eigenvalue weighted by Crippen LogP contribution is -2.44. The summed E-state index contributed by atoms with van der Waals surface area (Å²) in [4.78, 5) is 22.9. The number of piperidine rings is 1. The second-order valence-corrected chi connectivity index (χ2v) is 7.75. The van der Waals surface area contributed by atoms with Gasteiger partial charge in [0.15, 0.2) is 6.39 Å². The van der Waals surface area contributed by atoms with Crippen LogP contribution in [0, 0.1) is 11.7 Å². The van der Waals surface area contributed by atoms with Gasteiger partial charge in [0.2, 0.25) is 5.76 Å². The van der Waals surface area contributed by atoms with Crippen molar-refractivity contribution in [3.8, 4) is 0 Å². The van der Waals surface area contributed by atoms with Crippen LogP contribution in [0.3, 0.4) is 0 Å². The zero-order valence-electron chi connectivity index (χ0n) is 16.7. The first-order valence-electron chi connectivity index (χ1n) is 9.81. The number of aromatic nitrogens is 1. The molecule has 1 aromatic carbocycles. The number of halogens is 1. The van der Waals surface area contributed by atoms with Crippen LogP contribution in [-0.2, 0) is 6.54 Å². The normalized spacial score (nSPS) is 17.8. The smallest absolute Gasteiger partial charge is 0.291 e. The quantitative estimate of drug-likeness (QED) is 0.696. The molecule has 0 aliphatic carbocycles. The molecule has 1 aliphatic heterocycles. The first-order chi connectivity index (χ1) is 13.5. The molecule has 152 valence electrons. The molecule has 6 nitrogen and oxygen atoms in total. The van der Waals surface area contributed by atoms with Crippen molar-refractivity contribution < 1.29 is 13.6 Å². The highest BCUT2D eigenvalue weighted by molar-refractivity contribution is 5.91. The Balaban J connectivity index is 1.62. The minimum atomic E-state index is -0.155. The van der Waals surface area contributed by atoms with Gasteiger partial charge in [0.05, 0.1) is 6.20 Å². The third kappa shape index (κ3) is 5.62. The highest BCUT2D eigenvalue weighted by atomic mass is 19.1. The molecule has 0 saturated carbocycles. The van der Waals surface area contributed by atoms with Crippen LogP contribution in [0.1, 0.15) is 29.0 Å². The molecule has 0 unspecified atom stereocenters. The summed E-state index contributed by atoms with van der Waals surface area (Å²) in [6.45, 7) is 4.51. The van der Waals surface area contributed by atoms with Crippen LogP contribution >= 0.6 is 0 Å². The maximum Gasteiger partial charge on any atom is 0.291 e. The monoisotopic (exact) mass is 388 g/mol. The zero-order chi connectivity index (χ0) is 19.9. The van der Waals surface area contributed by atoms with Crippen molar-refractivity contribution in [3.63, 3.8) is 0 Å². The lowest BCUT2D eigenvalue weighted by molar-refractivity contribution is 0.0630. The van der Waals surface area contributed by atoms with Crippen LogP contribution in [0.25, 0.3) is 0 Å². The van der Waals surface area contributed by atoms with Gasteiger partial charge in [-0.25, -0.2) is 9.37 Å². The van der Waals surface area contributed by atoms with Crippen molar-refractivity contribution in [1.29, 1.82) is 0 Å². The molecular weight excluding hydrogens is 359 g/mol. The standard InChI is InChI=1S/C21H29FN4O2/c1-24(2)10-11-26(21(27)20-12-23-16-28-20)14-17-6-5-9-25(13-17)15-18-7-3-4-8-19(18)22/h3-4,7-8,12,16-17H,5-6,9-11,13-15H2,1-2H3/t17-/m0/s1. The number of carbonyl (C=O) groups excluding carboxylic acids is 1. The van der Waals surface area contributed by atoms with Crippen LogP contribution < -0.4 is 0 Å². The Hall–Kier alpha value is -2.25. The summed E-state index contributed by atoms with van der Waals surface area (Å²) in [5, 5.41) is 0. The van der Waals surface area contributed by atoms with E-state index in [1.807, 2.05) is 31.1 Å². The van der Waals surface area contributed by atoms with E-state index in [1.54, 1.807) is 6.07 Å². The SMILES string of the molecule is CN(C)CCN(C[C@H]1CCCN(Cc2ccccc2F)C1)C(=O)c1cnco1. The van der Waals surface area contributed by atoms with Gasteiger partial charge in [0.1, 0.15) is 5.82 Å². The van der Waals surface area contributed by atoms with E-state index in [0.29, 0.717) is 25.6 Å². The predicted octanol–water partition coefficient (Wildman–Crippen LogP) is 2.73. The van der Waals surface area contributed by atoms with Crippen molar-refractivity contribution in [2.75, 3.05) is 46.8 Å². The van der Waals surface area contributed by atoms with E-state index in [2.05, 4.69) is 14.8 Å². The van der Waals surface area contributed by atoms with Crippen molar-refractivity contribution in [1.82, 2.24) is 19.7 Å². The number of likely N-dealkylation sites (tertiary alicyclic amines) is 1. The molecule has 1 amide bonds. The Morgan fingerprint density at radius 1 is 1.32 bits per heavy atom. The number of oxazole rings is 1. The molecule has 3 rings (SSSR count). The van der Waals surface area contributed by atoms with E-state index in [9.17, 15) is 9.18 Å². The molecule has 1 aliphatic rings. The van der Waals surface area contributed by atoms with E-state index in [1.165, 1.54) is 18.7 Å². The fraction of sp³-hybridized carbons (Fsp3) is 0.524. The van der Waals surface area contributed by atoms with Crippen LogP contribution in [0.15, 0.2) is 41.3 Å². The van der Waals surface area contributed by atoms with Crippen molar-refractivity contribution >= 4 is 5.91 Å². The minimum absolute atomic E-state index is 0.120. The number of hydrogen-bond donors (Lipinski definition) is 0. The highest BCUT2D eigenvalue weighted by Crippen LogP contribution is 2.21. The molecule has 1 atom stereocenters. The number of rotatable bonds is 8.